The second-order valence-corrected chi connectivity index (χ2v) is 11.7. The Morgan fingerprint density at radius 2 is 1.84 bits per heavy atom. The van der Waals surface area contributed by atoms with Crippen molar-refractivity contribution in [2.75, 3.05) is 71.4 Å². The first kappa shape index (κ1) is 27.3. The Morgan fingerprint density at radius 1 is 1.11 bits per heavy atom. The summed E-state index contributed by atoms with van der Waals surface area (Å²) in [6.07, 6.45) is 0.212. The van der Waals surface area contributed by atoms with E-state index in [0.29, 0.717) is 25.3 Å². The smallest absolute Gasteiger partial charge is 0.258 e. The van der Waals surface area contributed by atoms with Crippen LogP contribution in [-0.2, 0) is 27.8 Å². The largest absolute Gasteiger partial charge is 0.482 e. The Kier molecular flexibility index (Phi) is 9.04. The lowest BCUT2D eigenvalue weighted by Gasteiger charge is -2.32. The molecule has 0 unspecified atom stereocenters. The maximum atomic E-state index is 13.2. The zero-order valence-electron chi connectivity index (χ0n) is 21.5. The molecular weight excluding hydrogens is 494 g/mol. The molecule has 0 aromatic heterocycles. The SMILES string of the molecule is CN(C)S(=O)(=O)c1c(OCC(=O)NC[C@@H](O)CN2CCc3ccccc3C2)cccc1N1CCNCC1. The molecule has 0 bridgehead atoms. The van der Waals surface area contributed by atoms with Gasteiger partial charge in [-0.15, -0.1) is 0 Å². The second kappa shape index (κ2) is 12.2. The number of nitrogens with zero attached hydrogens (tertiary/aromatic N) is 3. The average Bonchev–Trinajstić information content (AvgIpc) is 2.90. The van der Waals surface area contributed by atoms with E-state index in [4.69, 9.17) is 4.74 Å². The highest BCUT2D eigenvalue weighted by molar-refractivity contribution is 7.89. The van der Waals surface area contributed by atoms with Crippen LogP contribution in [0.15, 0.2) is 47.4 Å². The number of sulfonamides is 1. The predicted molar refractivity (Wildman–Crippen MR) is 142 cm³/mol. The first-order chi connectivity index (χ1) is 17.8. The number of hydrogen-bond acceptors (Lipinski definition) is 8. The summed E-state index contributed by atoms with van der Waals surface area (Å²) >= 11 is 0. The molecule has 0 radical (unpaired) electrons. The molecule has 10 nitrogen and oxygen atoms in total. The van der Waals surface area contributed by atoms with E-state index >= 15 is 0 Å². The third kappa shape index (κ3) is 6.79. The van der Waals surface area contributed by atoms with Crippen LogP contribution in [0.2, 0.25) is 0 Å². The van der Waals surface area contributed by atoms with Gasteiger partial charge in [0.25, 0.3) is 5.91 Å². The molecule has 2 aliphatic heterocycles. The Bertz CT molecular complexity index is 1180. The predicted octanol–water partition coefficient (Wildman–Crippen LogP) is 0.261. The molecule has 1 atom stereocenters. The summed E-state index contributed by atoms with van der Waals surface area (Å²) in [5.41, 5.74) is 3.17. The molecule has 3 N–H and O–H groups in total. The van der Waals surface area contributed by atoms with Crippen molar-refractivity contribution in [1.82, 2.24) is 19.8 Å². The van der Waals surface area contributed by atoms with Gasteiger partial charge in [0.05, 0.1) is 11.8 Å². The molecule has 0 spiro atoms. The van der Waals surface area contributed by atoms with Crippen LogP contribution in [0.1, 0.15) is 11.1 Å². The van der Waals surface area contributed by atoms with Crippen LogP contribution in [0.5, 0.6) is 5.75 Å². The molecule has 2 aromatic carbocycles. The number of aliphatic hydroxyl groups excluding tert-OH is 1. The number of ether oxygens (including phenoxy) is 1. The molecule has 2 aliphatic rings. The fraction of sp³-hybridized carbons (Fsp3) is 0.500. The Hall–Kier alpha value is -2.70. The van der Waals surface area contributed by atoms with Crippen molar-refractivity contribution in [2.24, 2.45) is 0 Å². The maximum absolute atomic E-state index is 13.2. The Balaban J connectivity index is 1.34. The van der Waals surface area contributed by atoms with Gasteiger partial charge in [-0.25, -0.2) is 12.7 Å². The van der Waals surface area contributed by atoms with Crippen molar-refractivity contribution in [2.45, 2.75) is 24.0 Å². The van der Waals surface area contributed by atoms with E-state index in [1.54, 1.807) is 18.2 Å². The van der Waals surface area contributed by atoms with Crippen molar-refractivity contribution in [3.05, 3.63) is 53.6 Å². The number of amides is 1. The number of hydrogen-bond donors (Lipinski definition) is 3. The summed E-state index contributed by atoms with van der Waals surface area (Å²) in [7, 11) is -0.880. The molecule has 2 aromatic rings. The van der Waals surface area contributed by atoms with Gasteiger partial charge in [-0.2, -0.15) is 0 Å². The lowest BCUT2D eigenvalue weighted by Crippen LogP contribution is -2.44. The van der Waals surface area contributed by atoms with Crippen molar-refractivity contribution in [3.8, 4) is 5.75 Å². The molecule has 1 saturated heterocycles. The fourth-order valence-corrected chi connectivity index (χ4v) is 5.92. The number of fused-ring (bicyclic) bond motifs is 1. The summed E-state index contributed by atoms with van der Waals surface area (Å²) < 4.78 is 33.3. The first-order valence-corrected chi connectivity index (χ1v) is 14.1. The summed E-state index contributed by atoms with van der Waals surface area (Å²) in [6, 6.07) is 13.4. The standard InChI is InChI=1S/C26H37N5O5S/c1-29(2)37(34,35)26-23(31-14-11-27-12-15-31)8-5-9-24(26)36-19-25(33)28-16-22(32)18-30-13-10-20-6-3-4-7-21(20)17-30/h3-9,22,27,32H,10-19H2,1-2H3,(H,28,33)/t22-/m1/s1. The van der Waals surface area contributed by atoms with Gasteiger partial charge < -0.3 is 25.4 Å². The lowest BCUT2D eigenvalue weighted by molar-refractivity contribution is -0.123. The van der Waals surface area contributed by atoms with E-state index in [2.05, 4.69) is 27.7 Å². The minimum atomic E-state index is -3.83. The first-order valence-electron chi connectivity index (χ1n) is 12.6. The molecule has 0 saturated carbocycles. The molecule has 1 fully saturated rings. The monoisotopic (exact) mass is 531 g/mol. The van der Waals surface area contributed by atoms with Crippen molar-refractivity contribution < 1.29 is 23.1 Å². The number of benzene rings is 2. The van der Waals surface area contributed by atoms with Crippen molar-refractivity contribution in [3.63, 3.8) is 0 Å². The number of carbonyl (C=O) groups excluding carboxylic acids is 1. The number of nitrogens with one attached hydrogen (secondary N) is 2. The summed E-state index contributed by atoms with van der Waals surface area (Å²) in [5.74, 6) is -0.295. The Labute approximate surface area is 219 Å². The quantitative estimate of drug-likeness (QED) is 0.400. The van der Waals surface area contributed by atoms with Gasteiger partial charge in [-0.3, -0.25) is 9.69 Å². The minimum absolute atomic E-state index is 0.0557. The van der Waals surface area contributed by atoms with Crippen LogP contribution < -0.4 is 20.3 Å². The summed E-state index contributed by atoms with van der Waals surface area (Å²) in [4.78, 5) is 16.8. The zero-order chi connectivity index (χ0) is 26.4. The van der Waals surface area contributed by atoms with Gasteiger partial charge in [0.15, 0.2) is 6.61 Å². The topological polar surface area (TPSA) is 114 Å². The highest BCUT2D eigenvalue weighted by Gasteiger charge is 2.29. The molecule has 0 aliphatic carbocycles. The molecule has 4 rings (SSSR count). The van der Waals surface area contributed by atoms with Crippen LogP contribution >= 0.6 is 0 Å². The van der Waals surface area contributed by atoms with E-state index in [0.717, 1.165) is 36.9 Å². The van der Waals surface area contributed by atoms with Gasteiger partial charge in [0, 0.05) is 66.5 Å². The van der Waals surface area contributed by atoms with Gasteiger partial charge in [-0.1, -0.05) is 30.3 Å². The lowest BCUT2D eigenvalue weighted by atomic mass is 10.00. The highest BCUT2D eigenvalue weighted by Crippen LogP contribution is 2.35. The minimum Gasteiger partial charge on any atom is -0.482 e. The van der Waals surface area contributed by atoms with Gasteiger partial charge >= 0.3 is 0 Å². The van der Waals surface area contributed by atoms with E-state index in [-0.39, 0.29) is 23.8 Å². The maximum Gasteiger partial charge on any atom is 0.258 e. The van der Waals surface area contributed by atoms with Crippen LogP contribution in [0.3, 0.4) is 0 Å². The van der Waals surface area contributed by atoms with Crippen LogP contribution in [0.4, 0.5) is 5.69 Å². The molecule has 202 valence electrons. The van der Waals surface area contributed by atoms with Crippen molar-refractivity contribution in [1.29, 1.82) is 0 Å². The third-order valence-corrected chi connectivity index (χ3v) is 8.61. The van der Waals surface area contributed by atoms with E-state index < -0.39 is 22.0 Å². The molecule has 11 heteroatoms. The molecular formula is C26H37N5O5S. The zero-order valence-corrected chi connectivity index (χ0v) is 22.3. The number of β-amino-alcohol motifs (C(OH)–C–C–N with tert-alkyl or cyclic N) is 1. The van der Waals surface area contributed by atoms with Crippen LogP contribution in [-0.4, -0.2) is 101 Å². The van der Waals surface area contributed by atoms with E-state index in [1.165, 1.54) is 25.2 Å². The van der Waals surface area contributed by atoms with Gasteiger partial charge in [0.1, 0.15) is 10.6 Å². The van der Waals surface area contributed by atoms with Crippen LogP contribution in [0.25, 0.3) is 0 Å². The molecule has 37 heavy (non-hydrogen) atoms. The van der Waals surface area contributed by atoms with Gasteiger partial charge in [-0.05, 0) is 29.7 Å². The number of aliphatic hydroxyl groups is 1. The van der Waals surface area contributed by atoms with Gasteiger partial charge in [0.2, 0.25) is 10.0 Å². The number of piperazine rings is 1. The normalized spacial score (nSPS) is 17.4. The fourth-order valence-electron chi connectivity index (χ4n) is 4.71. The van der Waals surface area contributed by atoms with E-state index in [9.17, 15) is 18.3 Å². The second-order valence-electron chi connectivity index (χ2n) is 9.63. The Morgan fingerprint density at radius 3 is 2.57 bits per heavy atom. The summed E-state index contributed by atoms with van der Waals surface area (Å²) in [5, 5.41) is 16.4. The number of carbonyl (C=O) groups is 1. The molecule has 2 heterocycles. The van der Waals surface area contributed by atoms with E-state index in [1.807, 2.05) is 17.0 Å². The van der Waals surface area contributed by atoms with Crippen molar-refractivity contribution >= 4 is 21.6 Å². The number of anilines is 1. The number of rotatable bonds is 10. The molecule has 1 amide bonds. The van der Waals surface area contributed by atoms with Crippen LogP contribution in [0, 0.1) is 0 Å². The third-order valence-electron chi connectivity index (χ3n) is 6.73. The average molecular weight is 532 g/mol. The highest BCUT2D eigenvalue weighted by atomic mass is 32.2. The summed E-state index contributed by atoms with van der Waals surface area (Å²) in [6.45, 7) is 4.65.